The number of benzene rings is 1. The van der Waals surface area contributed by atoms with Gasteiger partial charge in [-0.3, -0.25) is 9.59 Å². The van der Waals surface area contributed by atoms with Crippen LogP contribution in [0.25, 0.3) is 0 Å². The number of hydrogen-bond donors (Lipinski definition) is 1. The molecule has 6 nitrogen and oxygen atoms in total. The number of piperidine rings is 1. The van der Waals surface area contributed by atoms with E-state index in [-0.39, 0.29) is 29.2 Å². The second-order valence-electron chi connectivity index (χ2n) is 9.39. The van der Waals surface area contributed by atoms with Gasteiger partial charge in [-0.25, -0.2) is 0 Å². The fraction of sp³-hybridized carbons (Fsp3) is 0.667. The summed E-state index contributed by atoms with van der Waals surface area (Å²) >= 11 is 0. The summed E-state index contributed by atoms with van der Waals surface area (Å²) in [5.74, 6) is 0.582. The van der Waals surface area contributed by atoms with Crippen LogP contribution < -0.4 is 10.1 Å². The smallest absolute Gasteiger partial charge is 0.225 e. The summed E-state index contributed by atoms with van der Waals surface area (Å²) in [5, 5.41) is 3.18. The third-order valence-electron chi connectivity index (χ3n) is 5.74. The van der Waals surface area contributed by atoms with Crippen molar-refractivity contribution in [3.05, 3.63) is 29.8 Å². The van der Waals surface area contributed by atoms with Crippen molar-refractivity contribution in [2.45, 2.75) is 52.5 Å². The van der Waals surface area contributed by atoms with Crippen LogP contribution in [-0.4, -0.2) is 62.5 Å². The largest absolute Gasteiger partial charge is 0.496 e. The second-order valence-corrected chi connectivity index (χ2v) is 9.39. The molecule has 1 aliphatic heterocycles. The first-order chi connectivity index (χ1) is 14.2. The third kappa shape index (κ3) is 6.21. The van der Waals surface area contributed by atoms with Crippen molar-refractivity contribution in [1.82, 2.24) is 15.1 Å². The van der Waals surface area contributed by atoms with E-state index < -0.39 is 0 Å². The van der Waals surface area contributed by atoms with Gasteiger partial charge in [-0.2, -0.15) is 0 Å². The van der Waals surface area contributed by atoms with Crippen LogP contribution in [0, 0.1) is 11.3 Å². The van der Waals surface area contributed by atoms with Gasteiger partial charge in [0.05, 0.1) is 19.1 Å². The van der Waals surface area contributed by atoms with E-state index in [2.05, 4.69) is 31.0 Å². The van der Waals surface area contributed by atoms with E-state index in [0.29, 0.717) is 25.9 Å². The molecule has 2 unspecified atom stereocenters. The van der Waals surface area contributed by atoms with Crippen molar-refractivity contribution in [3.63, 3.8) is 0 Å². The number of para-hydroxylation sites is 1. The lowest BCUT2D eigenvalue weighted by Crippen LogP contribution is -2.50. The van der Waals surface area contributed by atoms with Gasteiger partial charge in [0.1, 0.15) is 5.75 Å². The van der Waals surface area contributed by atoms with Crippen molar-refractivity contribution < 1.29 is 14.3 Å². The Balaban J connectivity index is 2.30. The Morgan fingerprint density at radius 3 is 2.63 bits per heavy atom. The maximum Gasteiger partial charge on any atom is 0.225 e. The minimum Gasteiger partial charge on any atom is -0.496 e. The molecule has 0 aromatic heterocycles. The summed E-state index contributed by atoms with van der Waals surface area (Å²) < 4.78 is 5.60. The zero-order valence-corrected chi connectivity index (χ0v) is 19.5. The average molecular weight is 418 g/mol. The van der Waals surface area contributed by atoms with Crippen LogP contribution in [0.2, 0.25) is 0 Å². The molecule has 0 spiro atoms. The number of carbonyl (C=O) groups excluding carboxylic acids is 2. The summed E-state index contributed by atoms with van der Waals surface area (Å²) in [6, 6.07) is 7.46. The number of nitrogens with one attached hydrogen (secondary N) is 1. The maximum atomic E-state index is 13.3. The Kier molecular flexibility index (Phi) is 8.71. The lowest BCUT2D eigenvalue weighted by molar-refractivity contribution is -0.143. The van der Waals surface area contributed by atoms with Gasteiger partial charge in [0.15, 0.2) is 0 Å². The van der Waals surface area contributed by atoms with Crippen molar-refractivity contribution >= 4 is 11.8 Å². The summed E-state index contributed by atoms with van der Waals surface area (Å²) in [6.45, 7) is 8.57. The number of hydrogen-bond acceptors (Lipinski definition) is 4. The fourth-order valence-corrected chi connectivity index (χ4v) is 4.48. The van der Waals surface area contributed by atoms with Gasteiger partial charge in [0, 0.05) is 31.6 Å². The predicted molar refractivity (Wildman–Crippen MR) is 120 cm³/mol. The van der Waals surface area contributed by atoms with E-state index in [4.69, 9.17) is 4.74 Å². The molecular formula is C24H39N3O3. The Labute approximate surface area is 182 Å². The lowest BCUT2D eigenvalue weighted by Gasteiger charge is -2.41. The summed E-state index contributed by atoms with van der Waals surface area (Å²) in [7, 11) is 5.72. The van der Waals surface area contributed by atoms with Gasteiger partial charge in [-0.05, 0) is 38.4 Å². The quantitative estimate of drug-likeness (QED) is 0.633. The normalized spacial score (nSPS) is 19.8. The van der Waals surface area contributed by atoms with Gasteiger partial charge in [0.25, 0.3) is 0 Å². The first-order valence-corrected chi connectivity index (χ1v) is 11.0. The highest BCUT2D eigenvalue weighted by atomic mass is 16.5. The number of likely N-dealkylation sites (tertiary alicyclic amines) is 1. The first-order valence-electron chi connectivity index (χ1n) is 11.0. The number of rotatable bonds is 10. The molecule has 0 saturated carbocycles. The van der Waals surface area contributed by atoms with E-state index >= 15 is 0 Å². The summed E-state index contributed by atoms with van der Waals surface area (Å²) in [6.07, 6.45) is 2.89. The van der Waals surface area contributed by atoms with Gasteiger partial charge >= 0.3 is 0 Å². The van der Waals surface area contributed by atoms with Gasteiger partial charge < -0.3 is 19.9 Å². The van der Waals surface area contributed by atoms with E-state index in [1.165, 1.54) is 0 Å². The Morgan fingerprint density at radius 1 is 1.30 bits per heavy atom. The van der Waals surface area contributed by atoms with Crippen LogP contribution >= 0.6 is 0 Å². The van der Waals surface area contributed by atoms with Crippen molar-refractivity contribution in [3.8, 4) is 5.75 Å². The van der Waals surface area contributed by atoms with Crippen molar-refractivity contribution in [2.75, 3.05) is 40.8 Å². The zero-order chi connectivity index (χ0) is 22.3. The number of methoxy groups -OCH3 is 1. The van der Waals surface area contributed by atoms with Gasteiger partial charge in [-0.15, -0.1) is 0 Å². The first kappa shape index (κ1) is 24.2. The molecule has 1 aromatic rings. The predicted octanol–water partition coefficient (Wildman–Crippen LogP) is 3.48. The van der Waals surface area contributed by atoms with E-state index in [9.17, 15) is 9.59 Å². The molecule has 0 radical (unpaired) electrons. The van der Waals surface area contributed by atoms with Crippen LogP contribution in [0.5, 0.6) is 5.75 Å². The maximum absolute atomic E-state index is 13.3. The number of nitrogens with zero attached hydrogens (tertiary/aromatic N) is 2. The highest BCUT2D eigenvalue weighted by Gasteiger charge is 2.41. The van der Waals surface area contributed by atoms with Crippen LogP contribution in [-0.2, 0) is 9.59 Å². The minimum absolute atomic E-state index is 0.0201. The topological polar surface area (TPSA) is 61.9 Å². The molecule has 1 heterocycles. The molecule has 2 rings (SSSR count). The minimum atomic E-state index is -0.300. The molecule has 1 N–H and O–H groups in total. The molecule has 1 aromatic carbocycles. The van der Waals surface area contributed by atoms with Crippen molar-refractivity contribution in [1.29, 1.82) is 0 Å². The number of ether oxygens (including phenoxy) is 1. The van der Waals surface area contributed by atoms with Crippen molar-refractivity contribution in [2.24, 2.45) is 11.3 Å². The standard InChI is InChI=1S/C24H39N3O3/c1-7-8-15-27-21(28)14-13-19(22(27)18-11-9-10-12-20(18)30-6)23(29)25-16-24(2,3)17-26(4)5/h9-12,19,22H,7-8,13-17H2,1-6H3,(H,25,29). The fourth-order valence-electron chi connectivity index (χ4n) is 4.48. The summed E-state index contributed by atoms with van der Waals surface area (Å²) in [5.41, 5.74) is 0.878. The monoisotopic (exact) mass is 417 g/mol. The Bertz CT molecular complexity index is 717. The third-order valence-corrected chi connectivity index (χ3v) is 5.74. The molecule has 2 amide bonds. The molecule has 30 heavy (non-hydrogen) atoms. The molecular weight excluding hydrogens is 378 g/mol. The van der Waals surface area contributed by atoms with Gasteiger partial charge in [0.2, 0.25) is 11.8 Å². The van der Waals surface area contributed by atoms with E-state index in [1.807, 2.05) is 43.3 Å². The highest BCUT2D eigenvalue weighted by molar-refractivity contribution is 5.85. The average Bonchev–Trinajstić information content (AvgIpc) is 2.70. The number of unbranched alkanes of at least 4 members (excludes halogenated alkanes) is 1. The lowest BCUT2D eigenvalue weighted by atomic mass is 9.82. The van der Waals surface area contributed by atoms with Crippen LogP contribution in [0.15, 0.2) is 24.3 Å². The molecule has 168 valence electrons. The molecule has 2 atom stereocenters. The Morgan fingerprint density at radius 2 is 2.00 bits per heavy atom. The van der Waals surface area contributed by atoms with E-state index in [0.717, 1.165) is 30.7 Å². The van der Waals surface area contributed by atoms with Gasteiger partial charge in [-0.1, -0.05) is 45.4 Å². The number of carbonyl (C=O) groups is 2. The van der Waals surface area contributed by atoms with Crippen LogP contribution in [0.3, 0.4) is 0 Å². The molecule has 0 aliphatic carbocycles. The molecule has 1 fully saturated rings. The van der Waals surface area contributed by atoms with E-state index in [1.54, 1.807) is 7.11 Å². The molecule has 0 bridgehead atoms. The number of amides is 2. The summed E-state index contributed by atoms with van der Waals surface area (Å²) in [4.78, 5) is 30.2. The highest BCUT2D eigenvalue weighted by Crippen LogP contribution is 2.41. The SMILES string of the molecule is CCCCN1C(=O)CCC(C(=O)NCC(C)(C)CN(C)C)C1c1ccccc1OC. The second kappa shape index (κ2) is 10.8. The van der Waals surface area contributed by atoms with Crippen LogP contribution in [0.1, 0.15) is 58.1 Å². The molecule has 1 aliphatic rings. The molecule has 6 heteroatoms. The molecule has 1 saturated heterocycles. The Hall–Kier alpha value is -2.08. The van der Waals surface area contributed by atoms with Crippen LogP contribution in [0.4, 0.5) is 0 Å². The zero-order valence-electron chi connectivity index (χ0n) is 19.5.